The van der Waals surface area contributed by atoms with Gasteiger partial charge in [0.15, 0.2) is 0 Å². The molecule has 0 fully saturated rings. The third-order valence-electron chi connectivity index (χ3n) is 2.29. The summed E-state index contributed by atoms with van der Waals surface area (Å²) in [6.45, 7) is 2.14. The van der Waals surface area contributed by atoms with Gasteiger partial charge in [0.2, 0.25) is 0 Å². The minimum atomic E-state index is -0.923. The Bertz CT molecular complexity index is 148. The second kappa shape index (κ2) is 8.97. The minimum Gasteiger partial charge on any atom is -0.481 e. The molecule has 84 valence electrons. The predicted molar refractivity (Wildman–Crippen MR) is 55.1 cm³/mol. The van der Waals surface area contributed by atoms with Crippen molar-refractivity contribution in [3.63, 3.8) is 0 Å². The summed E-state index contributed by atoms with van der Waals surface area (Å²) in [5.74, 6) is -0.904. The molecule has 1 unspecified atom stereocenters. The molecule has 0 rings (SSSR count). The average Bonchev–Trinajstić information content (AvgIpc) is 2.14. The molecule has 2 nitrogen and oxygen atoms in total. The Balaban J connectivity index is 3.18. The first-order valence-corrected chi connectivity index (χ1v) is 5.52. The predicted octanol–water partition coefficient (Wildman–Crippen LogP) is 3.55. The van der Waals surface area contributed by atoms with Crippen LogP contribution in [0.25, 0.3) is 0 Å². The molecule has 14 heavy (non-hydrogen) atoms. The van der Waals surface area contributed by atoms with Gasteiger partial charge in [-0.3, -0.25) is 4.79 Å². The molecule has 0 aromatic heterocycles. The van der Waals surface area contributed by atoms with E-state index in [2.05, 4.69) is 6.92 Å². The number of rotatable bonds is 9. The zero-order chi connectivity index (χ0) is 10.8. The van der Waals surface area contributed by atoms with Crippen molar-refractivity contribution in [1.82, 2.24) is 0 Å². The Morgan fingerprint density at radius 3 is 2.43 bits per heavy atom. The van der Waals surface area contributed by atoms with Gasteiger partial charge in [0.25, 0.3) is 0 Å². The van der Waals surface area contributed by atoms with Crippen molar-refractivity contribution in [3.8, 4) is 0 Å². The summed E-state index contributed by atoms with van der Waals surface area (Å²) in [7, 11) is 0. The van der Waals surface area contributed by atoms with E-state index in [0.29, 0.717) is 6.42 Å². The highest BCUT2D eigenvalue weighted by Gasteiger charge is 2.08. The van der Waals surface area contributed by atoms with Gasteiger partial charge in [-0.1, -0.05) is 39.0 Å². The Labute approximate surface area is 85.5 Å². The fourth-order valence-electron chi connectivity index (χ4n) is 1.39. The molecule has 0 heterocycles. The van der Waals surface area contributed by atoms with Gasteiger partial charge in [0.05, 0.1) is 0 Å². The molecule has 0 saturated carbocycles. The molecular formula is C11H21FO2. The number of hydrogen-bond donors (Lipinski definition) is 1. The van der Waals surface area contributed by atoms with Crippen molar-refractivity contribution in [2.45, 2.75) is 64.5 Å². The van der Waals surface area contributed by atoms with E-state index in [0.717, 1.165) is 12.8 Å². The summed E-state index contributed by atoms with van der Waals surface area (Å²) in [6.07, 6.45) is 5.26. The Hall–Kier alpha value is -0.600. The van der Waals surface area contributed by atoms with Crippen LogP contribution >= 0.6 is 0 Å². The van der Waals surface area contributed by atoms with Crippen molar-refractivity contribution in [1.29, 1.82) is 0 Å². The lowest BCUT2D eigenvalue weighted by Gasteiger charge is -2.05. The summed E-state index contributed by atoms with van der Waals surface area (Å²) in [5, 5.41) is 8.34. The summed E-state index contributed by atoms with van der Waals surface area (Å²) in [5.41, 5.74) is 0. The quantitative estimate of drug-likeness (QED) is 0.583. The maximum atomic E-state index is 13.0. The van der Waals surface area contributed by atoms with Crippen LogP contribution in [0.3, 0.4) is 0 Å². The lowest BCUT2D eigenvalue weighted by atomic mass is 10.1. The molecule has 0 aromatic rings. The van der Waals surface area contributed by atoms with Crippen LogP contribution < -0.4 is 0 Å². The van der Waals surface area contributed by atoms with E-state index in [4.69, 9.17) is 5.11 Å². The lowest BCUT2D eigenvalue weighted by molar-refractivity contribution is -0.137. The zero-order valence-corrected chi connectivity index (χ0v) is 8.97. The molecule has 1 atom stereocenters. The summed E-state index contributed by atoms with van der Waals surface area (Å²) in [6, 6.07) is 0. The number of unbranched alkanes of at least 4 members (excludes halogenated alkanes) is 4. The number of carboxylic acids is 1. The first-order valence-electron chi connectivity index (χ1n) is 5.52. The molecule has 0 saturated heterocycles. The standard InChI is InChI=1S/C11H21FO2/c1-2-3-4-5-6-7-10(12)8-9-11(13)14/h10H,2-9H2,1H3,(H,13,14). The van der Waals surface area contributed by atoms with Crippen LogP contribution in [0.1, 0.15) is 58.3 Å². The largest absolute Gasteiger partial charge is 0.481 e. The summed E-state index contributed by atoms with van der Waals surface area (Å²) < 4.78 is 13.0. The highest BCUT2D eigenvalue weighted by atomic mass is 19.1. The van der Waals surface area contributed by atoms with Gasteiger partial charge >= 0.3 is 5.97 Å². The number of alkyl halides is 1. The third-order valence-corrected chi connectivity index (χ3v) is 2.29. The van der Waals surface area contributed by atoms with Crippen LogP contribution in [-0.4, -0.2) is 17.2 Å². The van der Waals surface area contributed by atoms with Crippen molar-refractivity contribution < 1.29 is 14.3 Å². The monoisotopic (exact) mass is 204 g/mol. The Morgan fingerprint density at radius 1 is 1.21 bits per heavy atom. The molecule has 0 aromatic carbocycles. The first kappa shape index (κ1) is 13.4. The van der Waals surface area contributed by atoms with E-state index >= 15 is 0 Å². The third kappa shape index (κ3) is 9.49. The summed E-state index contributed by atoms with van der Waals surface area (Å²) >= 11 is 0. The molecular weight excluding hydrogens is 183 g/mol. The smallest absolute Gasteiger partial charge is 0.303 e. The van der Waals surface area contributed by atoms with E-state index in [1.165, 1.54) is 19.3 Å². The van der Waals surface area contributed by atoms with Gasteiger partial charge < -0.3 is 5.11 Å². The van der Waals surface area contributed by atoms with Crippen molar-refractivity contribution in [3.05, 3.63) is 0 Å². The zero-order valence-electron chi connectivity index (χ0n) is 8.97. The van der Waals surface area contributed by atoms with E-state index in [1.807, 2.05) is 0 Å². The van der Waals surface area contributed by atoms with E-state index in [1.54, 1.807) is 0 Å². The minimum absolute atomic E-state index is 0.0455. The number of hydrogen-bond acceptors (Lipinski definition) is 1. The number of aliphatic carboxylic acids is 1. The first-order chi connectivity index (χ1) is 6.66. The molecule has 3 heteroatoms. The lowest BCUT2D eigenvalue weighted by Crippen LogP contribution is -2.04. The molecule has 0 spiro atoms. The summed E-state index contributed by atoms with van der Waals surface area (Å²) in [4.78, 5) is 10.2. The second-order valence-corrected chi connectivity index (χ2v) is 3.73. The molecule has 0 aliphatic carbocycles. The highest BCUT2D eigenvalue weighted by molar-refractivity contribution is 5.66. The average molecular weight is 204 g/mol. The second-order valence-electron chi connectivity index (χ2n) is 3.73. The fraction of sp³-hybridized carbons (Fsp3) is 0.909. The van der Waals surface area contributed by atoms with Crippen LogP contribution in [-0.2, 0) is 4.79 Å². The fourth-order valence-corrected chi connectivity index (χ4v) is 1.39. The topological polar surface area (TPSA) is 37.3 Å². The molecule has 0 amide bonds. The normalized spacial score (nSPS) is 12.7. The van der Waals surface area contributed by atoms with Gasteiger partial charge in [-0.2, -0.15) is 0 Å². The van der Waals surface area contributed by atoms with Crippen molar-refractivity contribution >= 4 is 5.97 Å². The van der Waals surface area contributed by atoms with Crippen LogP contribution in [0.4, 0.5) is 4.39 Å². The van der Waals surface area contributed by atoms with Crippen LogP contribution in [0.5, 0.6) is 0 Å². The maximum absolute atomic E-state index is 13.0. The molecule has 0 bridgehead atoms. The van der Waals surface area contributed by atoms with Gasteiger partial charge in [-0.05, 0) is 12.8 Å². The van der Waals surface area contributed by atoms with E-state index < -0.39 is 12.1 Å². The van der Waals surface area contributed by atoms with Gasteiger partial charge in [-0.25, -0.2) is 4.39 Å². The molecule has 1 N–H and O–H groups in total. The molecule has 0 radical (unpaired) electrons. The maximum Gasteiger partial charge on any atom is 0.303 e. The van der Waals surface area contributed by atoms with E-state index in [9.17, 15) is 9.18 Å². The number of carbonyl (C=O) groups is 1. The number of carboxylic acid groups (broad SMARTS) is 1. The van der Waals surface area contributed by atoms with Crippen LogP contribution in [0.2, 0.25) is 0 Å². The van der Waals surface area contributed by atoms with Crippen LogP contribution in [0, 0.1) is 0 Å². The van der Waals surface area contributed by atoms with Gasteiger partial charge in [-0.15, -0.1) is 0 Å². The Morgan fingerprint density at radius 2 is 1.86 bits per heavy atom. The molecule has 0 aliphatic heterocycles. The van der Waals surface area contributed by atoms with E-state index in [-0.39, 0.29) is 12.8 Å². The van der Waals surface area contributed by atoms with Gasteiger partial charge in [0, 0.05) is 6.42 Å². The number of halogens is 1. The molecule has 0 aliphatic rings. The SMILES string of the molecule is CCCCCCCC(F)CCC(=O)O. The Kier molecular flexibility index (Phi) is 8.59. The van der Waals surface area contributed by atoms with Crippen molar-refractivity contribution in [2.75, 3.05) is 0 Å². The van der Waals surface area contributed by atoms with Crippen LogP contribution in [0.15, 0.2) is 0 Å². The van der Waals surface area contributed by atoms with Crippen molar-refractivity contribution in [2.24, 2.45) is 0 Å². The highest BCUT2D eigenvalue weighted by Crippen LogP contribution is 2.13. The van der Waals surface area contributed by atoms with Gasteiger partial charge in [0.1, 0.15) is 6.17 Å².